The lowest BCUT2D eigenvalue weighted by Gasteiger charge is -2.14. The van der Waals surface area contributed by atoms with Crippen LogP contribution in [0.3, 0.4) is 0 Å². The van der Waals surface area contributed by atoms with E-state index in [1.54, 1.807) is 12.1 Å². The summed E-state index contributed by atoms with van der Waals surface area (Å²) in [6.45, 7) is 8.96. The molecule has 1 aromatic carbocycles. The fourth-order valence-corrected chi connectivity index (χ4v) is 1.33. The molecule has 1 rings (SSSR count). The molecule has 0 saturated carbocycles. The van der Waals surface area contributed by atoms with Gasteiger partial charge in [-0.3, -0.25) is 0 Å². The molecule has 0 heterocycles. The van der Waals surface area contributed by atoms with E-state index in [9.17, 15) is 4.39 Å². The van der Waals surface area contributed by atoms with Crippen LogP contribution in [0.2, 0.25) is 0 Å². The van der Waals surface area contributed by atoms with Crippen molar-refractivity contribution in [3.8, 4) is 0 Å². The molecule has 1 unspecified atom stereocenters. The van der Waals surface area contributed by atoms with Gasteiger partial charge in [0.1, 0.15) is 5.82 Å². The van der Waals surface area contributed by atoms with Crippen LogP contribution in [0.1, 0.15) is 52.2 Å². The maximum atomic E-state index is 12.6. The second-order valence-electron chi connectivity index (χ2n) is 3.61. The van der Waals surface area contributed by atoms with Gasteiger partial charge in [0.15, 0.2) is 0 Å². The summed E-state index contributed by atoms with van der Waals surface area (Å²) in [6, 6.07) is 6.49. The van der Waals surface area contributed by atoms with E-state index in [0.717, 1.165) is 12.0 Å². The minimum absolute atomic E-state index is 0.102. The predicted molar refractivity (Wildman–Crippen MR) is 67.0 cm³/mol. The van der Waals surface area contributed by atoms with E-state index < -0.39 is 0 Å². The van der Waals surface area contributed by atoms with Crippen molar-refractivity contribution in [2.24, 2.45) is 0 Å². The van der Waals surface area contributed by atoms with Gasteiger partial charge < -0.3 is 4.74 Å². The minimum Gasteiger partial charge on any atom is -0.374 e. The molecule has 0 aliphatic rings. The molecule has 0 aliphatic carbocycles. The molecule has 0 amide bonds. The van der Waals surface area contributed by atoms with Gasteiger partial charge in [0.25, 0.3) is 0 Å². The van der Waals surface area contributed by atoms with Crippen LogP contribution in [0, 0.1) is 5.82 Å². The van der Waals surface area contributed by atoms with Gasteiger partial charge in [0.2, 0.25) is 0 Å². The van der Waals surface area contributed by atoms with Crippen molar-refractivity contribution < 1.29 is 9.13 Å². The number of hydrogen-bond acceptors (Lipinski definition) is 1. The van der Waals surface area contributed by atoms with Crippen molar-refractivity contribution in [2.75, 3.05) is 6.61 Å². The third-order valence-electron chi connectivity index (χ3n) is 1.98. The van der Waals surface area contributed by atoms with Crippen molar-refractivity contribution in [2.45, 2.75) is 46.6 Å². The summed E-state index contributed by atoms with van der Waals surface area (Å²) < 4.78 is 18.1. The van der Waals surface area contributed by atoms with Gasteiger partial charge in [0.05, 0.1) is 6.10 Å². The lowest BCUT2D eigenvalue weighted by molar-refractivity contribution is 0.0598. The van der Waals surface area contributed by atoms with Gasteiger partial charge in [-0.25, -0.2) is 4.39 Å². The topological polar surface area (TPSA) is 9.23 Å². The van der Waals surface area contributed by atoms with Crippen molar-refractivity contribution in [3.05, 3.63) is 35.6 Å². The summed E-state index contributed by atoms with van der Waals surface area (Å²) in [7, 11) is 0. The van der Waals surface area contributed by atoms with Gasteiger partial charge in [-0.15, -0.1) is 0 Å². The molecular formula is C14H23FO. The van der Waals surface area contributed by atoms with Gasteiger partial charge in [-0.1, -0.05) is 39.3 Å². The smallest absolute Gasteiger partial charge is 0.123 e. The van der Waals surface area contributed by atoms with Crippen molar-refractivity contribution in [1.29, 1.82) is 0 Å². The summed E-state index contributed by atoms with van der Waals surface area (Å²) in [4.78, 5) is 0. The number of ether oxygens (including phenoxy) is 1. The first-order valence-corrected chi connectivity index (χ1v) is 6.06. The second-order valence-corrected chi connectivity index (χ2v) is 3.61. The molecule has 0 N–H and O–H groups in total. The highest BCUT2D eigenvalue weighted by atomic mass is 19.1. The molecule has 1 atom stereocenters. The maximum Gasteiger partial charge on any atom is 0.123 e. The lowest BCUT2D eigenvalue weighted by atomic mass is 10.1. The fraction of sp³-hybridized carbons (Fsp3) is 0.571. The first-order valence-electron chi connectivity index (χ1n) is 6.06. The monoisotopic (exact) mass is 226 g/mol. The van der Waals surface area contributed by atoms with Crippen LogP contribution in [0.4, 0.5) is 4.39 Å². The molecule has 0 aromatic heterocycles. The Morgan fingerprint density at radius 2 is 1.56 bits per heavy atom. The molecular weight excluding hydrogens is 203 g/mol. The van der Waals surface area contributed by atoms with Crippen molar-refractivity contribution in [1.82, 2.24) is 0 Å². The molecule has 1 nitrogen and oxygen atoms in total. The van der Waals surface area contributed by atoms with Crippen LogP contribution in [-0.2, 0) is 4.74 Å². The summed E-state index contributed by atoms with van der Waals surface area (Å²) >= 11 is 0. The van der Waals surface area contributed by atoms with E-state index >= 15 is 0 Å². The van der Waals surface area contributed by atoms with Crippen molar-refractivity contribution in [3.63, 3.8) is 0 Å². The molecule has 0 fully saturated rings. The van der Waals surface area contributed by atoms with E-state index in [4.69, 9.17) is 4.74 Å². The van der Waals surface area contributed by atoms with E-state index in [2.05, 4.69) is 20.8 Å². The Bertz CT molecular complexity index is 256. The third kappa shape index (κ3) is 5.86. The van der Waals surface area contributed by atoms with Gasteiger partial charge in [-0.2, -0.15) is 0 Å². The molecule has 16 heavy (non-hydrogen) atoms. The molecule has 0 saturated heterocycles. The van der Waals surface area contributed by atoms with Crippen molar-refractivity contribution >= 4 is 0 Å². The van der Waals surface area contributed by atoms with E-state index in [-0.39, 0.29) is 11.9 Å². The van der Waals surface area contributed by atoms with Gasteiger partial charge in [0, 0.05) is 6.61 Å². The Balaban J connectivity index is 0.000000673. The minimum atomic E-state index is -0.199. The molecule has 0 spiro atoms. The average molecular weight is 226 g/mol. The van der Waals surface area contributed by atoms with E-state index in [0.29, 0.717) is 6.61 Å². The highest BCUT2D eigenvalue weighted by Gasteiger charge is 2.07. The Hall–Kier alpha value is -0.890. The molecule has 2 heteroatoms. The average Bonchev–Trinajstić information content (AvgIpc) is 2.28. The normalized spacial score (nSPS) is 11.6. The third-order valence-corrected chi connectivity index (χ3v) is 1.98. The Labute approximate surface area is 98.6 Å². The van der Waals surface area contributed by atoms with E-state index in [1.807, 2.05) is 6.92 Å². The number of benzene rings is 1. The lowest BCUT2D eigenvalue weighted by Crippen LogP contribution is -2.02. The molecule has 0 bridgehead atoms. The van der Waals surface area contributed by atoms with Gasteiger partial charge in [-0.05, 0) is 31.0 Å². The van der Waals surface area contributed by atoms with Crippen LogP contribution in [0.5, 0.6) is 0 Å². The Kier molecular flexibility index (Phi) is 8.82. The first kappa shape index (κ1) is 15.1. The molecule has 0 aliphatic heterocycles. The highest BCUT2D eigenvalue weighted by molar-refractivity contribution is 5.18. The predicted octanol–water partition coefficient (Wildman–Crippen LogP) is 4.73. The molecule has 92 valence electrons. The summed E-state index contributed by atoms with van der Waals surface area (Å²) in [5.74, 6) is -0.199. The van der Waals surface area contributed by atoms with Crippen LogP contribution in [0.25, 0.3) is 0 Å². The zero-order valence-electron chi connectivity index (χ0n) is 10.8. The van der Waals surface area contributed by atoms with Crippen LogP contribution < -0.4 is 0 Å². The zero-order valence-corrected chi connectivity index (χ0v) is 10.8. The number of halogens is 1. The summed E-state index contributed by atoms with van der Waals surface area (Å²) in [5.41, 5.74) is 1.05. The van der Waals surface area contributed by atoms with Gasteiger partial charge >= 0.3 is 0 Å². The zero-order chi connectivity index (χ0) is 12.4. The Morgan fingerprint density at radius 3 is 1.94 bits per heavy atom. The first-order chi connectivity index (χ1) is 7.69. The standard InChI is InChI=1S/C11H15FO.C3H8/c1-3-11(13-4-2)9-5-7-10(12)8-6-9;1-3-2/h5-8,11H,3-4H2,1-2H3;3H2,1-2H3. The number of rotatable bonds is 4. The maximum absolute atomic E-state index is 12.6. The van der Waals surface area contributed by atoms with Crippen LogP contribution in [0.15, 0.2) is 24.3 Å². The number of hydrogen-bond donors (Lipinski definition) is 0. The molecule has 0 radical (unpaired) electrons. The van der Waals surface area contributed by atoms with Crippen LogP contribution >= 0.6 is 0 Å². The largest absolute Gasteiger partial charge is 0.374 e. The Morgan fingerprint density at radius 1 is 1.06 bits per heavy atom. The quantitative estimate of drug-likeness (QED) is 0.721. The summed E-state index contributed by atoms with van der Waals surface area (Å²) in [6.07, 6.45) is 2.27. The fourth-order valence-electron chi connectivity index (χ4n) is 1.33. The van der Waals surface area contributed by atoms with E-state index in [1.165, 1.54) is 18.6 Å². The highest BCUT2D eigenvalue weighted by Crippen LogP contribution is 2.20. The molecule has 1 aromatic rings. The summed E-state index contributed by atoms with van der Waals surface area (Å²) in [5, 5.41) is 0. The second kappa shape index (κ2) is 9.34. The van der Waals surface area contributed by atoms with Crippen LogP contribution in [-0.4, -0.2) is 6.61 Å². The SMILES string of the molecule is CCC.CCOC(CC)c1ccc(F)cc1.